The molecule has 110 valence electrons. The summed E-state index contributed by atoms with van der Waals surface area (Å²) >= 11 is 0. The number of anilines is 1. The monoisotopic (exact) mass is 287 g/mol. The van der Waals surface area contributed by atoms with Crippen LogP contribution in [0.1, 0.15) is 11.1 Å². The van der Waals surface area contributed by atoms with Crippen LogP contribution in [0.2, 0.25) is 0 Å². The number of ether oxygens (including phenoxy) is 1. The first-order valence-corrected chi connectivity index (χ1v) is 6.59. The van der Waals surface area contributed by atoms with Crippen LogP contribution in [0.15, 0.2) is 36.4 Å². The largest absolute Gasteiger partial charge is 0.481 e. The van der Waals surface area contributed by atoms with Gasteiger partial charge in [0.25, 0.3) is 0 Å². The second-order valence-electron chi connectivity index (χ2n) is 4.58. The predicted molar refractivity (Wildman–Crippen MR) is 80.8 cm³/mol. The molecule has 2 aromatic rings. The van der Waals surface area contributed by atoms with Gasteiger partial charge in [-0.05, 0) is 24.5 Å². The lowest BCUT2D eigenvalue weighted by Gasteiger charge is -2.09. The van der Waals surface area contributed by atoms with Gasteiger partial charge in [-0.3, -0.25) is 10.1 Å². The van der Waals surface area contributed by atoms with Gasteiger partial charge in [-0.15, -0.1) is 0 Å². The number of methoxy groups -OCH3 is 1. The molecule has 1 heterocycles. The van der Waals surface area contributed by atoms with Crippen LogP contribution < -0.4 is 10.1 Å². The van der Waals surface area contributed by atoms with Crippen molar-refractivity contribution in [1.29, 1.82) is 0 Å². The molecule has 1 aromatic carbocycles. The van der Waals surface area contributed by atoms with E-state index in [1.54, 1.807) is 0 Å². The lowest BCUT2D eigenvalue weighted by molar-refractivity contribution is -0.384. The maximum Gasteiger partial charge on any atom is 0.311 e. The molecule has 0 aliphatic carbocycles. The minimum absolute atomic E-state index is 0.0550. The van der Waals surface area contributed by atoms with Gasteiger partial charge in [-0.1, -0.05) is 24.3 Å². The van der Waals surface area contributed by atoms with Crippen molar-refractivity contribution in [3.8, 4) is 5.88 Å². The third kappa shape index (κ3) is 3.68. The molecule has 0 fully saturated rings. The molecule has 21 heavy (non-hydrogen) atoms. The second-order valence-corrected chi connectivity index (χ2v) is 4.58. The molecule has 0 unspecified atom stereocenters. The van der Waals surface area contributed by atoms with Crippen LogP contribution in [-0.2, 0) is 6.42 Å². The van der Waals surface area contributed by atoms with E-state index in [2.05, 4.69) is 10.3 Å². The number of hydrogen-bond donors (Lipinski definition) is 1. The minimum atomic E-state index is -0.456. The molecule has 0 aliphatic rings. The number of rotatable bonds is 6. The third-order valence-corrected chi connectivity index (χ3v) is 3.20. The van der Waals surface area contributed by atoms with E-state index in [9.17, 15) is 10.1 Å². The molecular weight excluding hydrogens is 270 g/mol. The SMILES string of the molecule is COc1ccc([N+](=O)[O-])c(NCCc2ccccc2C)n1. The first kappa shape index (κ1) is 14.8. The molecule has 6 heteroatoms. The van der Waals surface area contributed by atoms with Gasteiger partial charge in [-0.2, -0.15) is 4.98 Å². The molecule has 0 radical (unpaired) electrons. The molecule has 1 N–H and O–H groups in total. The van der Waals surface area contributed by atoms with Crippen molar-refractivity contribution in [3.63, 3.8) is 0 Å². The number of nitrogens with zero attached hydrogens (tertiary/aromatic N) is 2. The second kappa shape index (κ2) is 6.69. The topological polar surface area (TPSA) is 77.3 Å². The number of nitrogens with one attached hydrogen (secondary N) is 1. The van der Waals surface area contributed by atoms with Crippen molar-refractivity contribution in [1.82, 2.24) is 4.98 Å². The molecule has 0 spiro atoms. The number of aryl methyl sites for hydroxylation is 1. The lowest BCUT2D eigenvalue weighted by Crippen LogP contribution is -2.09. The Morgan fingerprint density at radius 3 is 2.71 bits per heavy atom. The van der Waals surface area contributed by atoms with Crippen LogP contribution in [0.25, 0.3) is 0 Å². The average molecular weight is 287 g/mol. The highest BCUT2D eigenvalue weighted by molar-refractivity contribution is 5.57. The van der Waals surface area contributed by atoms with E-state index in [0.29, 0.717) is 12.4 Å². The zero-order chi connectivity index (χ0) is 15.2. The van der Waals surface area contributed by atoms with Crippen molar-refractivity contribution in [2.24, 2.45) is 0 Å². The molecule has 2 rings (SSSR count). The molecule has 0 aliphatic heterocycles. The quantitative estimate of drug-likeness (QED) is 0.653. The summed E-state index contributed by atoms with van der Waals surface area (Å²) in [6, 6.07) is 10.9. The van der Waals surface area contributed by atoms with Gasteiger partial charge < -0.3 is 10.1 Å². The zero-order valence-corrected chi connectivity index (χ0v) is 12.0. The molecule has 6 nitrogen and oxygen atoms in total. The van der Waals surface area contributed by atoms with Gasteiger partial charge in [-0.25, -0.2) is 0 Å². The Balaban J connectivity index is 2.08. The third-order valence-electron chi connectivity index (χ3n) is 3.20. The van der Waals surface area contributed by atoms with Crippen molar-refractivity contribution in [2.75, 3.05) is 19.0 Å². The fourth-order valence-electron chi connectivity index (χ4n) is 2.03. The molecule has 0 amide bonds. The fraction of sp³-hybridized carbons (Fsp3) is 0.267. The van der Waals surface area contributed by atoms with E-state index < -0.39 is 4.92 Å². The van der Waals surface area contributed by atoms with Crippen LogP contribution in [0.5, 0.6) is 5.88 Å². The molecule has 0 atom stereocenters. The maximum atomic E-state index is 11.0. The Morgan fingerprint density at radius 2 is 2.05 bits per heavy atom. The van der Waals surface area contributed by atoms with Crippen molar-refractivity contribution in [3.05, 3.63) is 57.6 Å². The van der Waals surface area contributed by atoms with E-state index in [-0.39, 0.29) is 11.5 Å². The molecule has 1 aromatic heterocycles. The summed E-state index contributed by atoms with van der Waals surface area (Å²) in [5, 5.41) is 14.0. The van der Waals surface area contributed by atoms with Crippen LogP contribution in [-0.4, -0.2) is 23.6 Å². The van der Waals surface area contributed by atoms with E-state index in [0.717, 1.165) is 6.42 Å². The standard InChI is InChI=1S/C15H17N3O3/c1-11-5-3-4-6-12(11)9-10-16-15-13(18(19)20)7-8-14(17-15)21-2/h3-8H,9-10H2,1-2H3,(H,16,17). The molecular formula is C15H17N3O3. The van der Waals surface area contributed by atoms with Gasteiger partial charge in [0.2, 0.25) is 11.7 Å². The predicted octanol–water partition coefficient (Wildman–Crippen LogP) is 2.96. The van der Waals surface area contributed by atoms with Gasteiger partial charge in [0.15, 0.2) is 0 Å². The van der Waals surface area contributed by atoms with Gasteiger partial charge in [0.1, 0.15) is 0 Å². The zero-order valence-electron chi connectivity index (χ0n) is 12.0. The van der Waals surface area contributed by atoms with Crippen molar-refractivity contribution >= 4 is 11.5 Å². The van der Waals surface area contributed by atoms with Crippen molar-refractivity contribution in [2.45, 2.75) is 13.3 Å². The van der Waals surface area contributed by atoms with Crippen LogP contribution in [0.4, 0.5) is 11.5 Å². The highest BCUT2D eigenvalue weighted by Gasteiger charge is 2.15. The first-order chi connectivity index (χ1) is 10.1. The smallest absolute Gasteiger partial charge is 0.311 e. The van der Waals surface area contributed by atoms with E-state index in [1.165, 1.54) is 30.4 Å². The summed E-state index contributed by atoms with van der Waals surface area (Å²) in [6.45, 7) is 2.60. The summed E-state index contributed by atoms with van der Waals surface area (Å²) in [7, 11) is 1.48. The Bertz CT molecular complexity index is 644. The number of benzene rings is 1. The van der Waals surface area contributed by atoms with Gasteiger partial charge in [0.05, 0.1) is 12.0 Å². The number of aromatic nitrogens is 1. The highest BCUT2D eigenvalue weighted by atomic mass is 16.6. The van der Waals surface area contributed by atoms with Gasteiger partial charge in [0, 0.05) is 18.7 Å². The number of nitro groups is 1. The van der Waals surface area contributed by atoms with Crippen LogP contribution >= 0.6 is 0 Å². The minimum Gasteiger partial charge on any atom is -0.481 e. The van der Waals surface area contributed by atoms with Crippen LogP contribution in [0, 0.1) is 17.0 Å². The molecule has 0 saturated carbocycles. The normalized spacial score (nSPS) is 10.2. The van der Waals surface area contributed by atoms with E-state index in [4.69, 9.17) is 4.74 Å². The van der Waals surface area contributed by atoms with Crippen molar-refractivity contribution < 1.29 is 9.66 Å². The number of pyridine rings is 1. The summed E-state index contributed by atoms with van der Waals surface area (Å²) in [5.74, 6) is 0.576. The highest BCUT2D eigenvalue weighted by Crippen LogP contribution is 2.24. The Kier molecular flexibility index (Phi) is 4.71. The Morgan fingerprint density at radius 1 is 1.29 bits per heavy atom. The van der Waals surface area contributed by atoms with E-state index in [1.807, 2.05) is 31.2 Å². The van der Waals surface area contributed by atoms with E-state index >= 15 is 0 Å². The fourth-order valence-corrected chi connectivity index (χ4v) is 2.03. The maximum absolute atomic E-state index is 11.0. The van der Waals surface area contributed by atoms with Crippen LogP contribution in [0.3, 0.4) is 0 Å². The summed E-state index contributed by atoms with van der Waals surface area (Å²) in [4.78, 5) is 14.6. The Labute approximate surface area is 122 Å². The lowest BCUT2D eigenvalue weighted by atomic mass is 10.1. The number of hydrogen-bond acceptors (Lipinski definition) is 5. The molecule has 0 saturated heterocycles. The summed E-state index contributed by atoms with van der Waals surface area (Å²) in [5.41, 5.74) is 2.35. The Hall–Kier alpha value is -2.63. The summed E-state index contributed by atoms with van der Waals surface area (Å²) < 4.78 is 5.00. The first-order valence-electron chi connectivity index (χ1n) is 6.59. The average Bonchev–Trinajstić information content (AvgIpc) is 2.48. The summed E-state index contributed by atoms with van der Waals surface area (Å²) in [6.07, 6.45) is 0.767. The molecule has 0 bridgehead atoms. The van der Waals surface area contributed by atoms with Gasteiger partial charge >= 0.3 is 5.69 Å².